The highest BCUT2D eigenvalue weighted by Crippen LogP contribution is 2.33. The van der Waals surface area contributed by atoms with Gasteiger partial charge in [0.05, 0.1) is 33.5 Å². The molecule has 1 amide bonds. The van der Waals surface area contributed by atoms with Gasteiger partial charge in [0, 0.05) is 5.56 Å². The van der Waals surface area contributed by atoms with E-state index in [9.17, 15) is 13.2 Å². The Kier molecular flexibility index (Phi) is 4.51. The van der Waals surface area contributed by atoms with Crippen LogP contribution in [-0.4, -0.2) is 24.1 Å². The SMILES string of the molecule is Cc1ccc(-n2nc3c(c2NC(=O)c2ccccc2Cl)CS(=O)(=O)C3)cc1C. The summed E-state index contributed by atoms with van der Waals surface area (Å²) in [5, 5.41) is 7.64. The first kappa shape index (κ1) is 18.7. The van der Waals surface area contributed by atoms with Crippen molar-refractivity contribution < 1.29 is 13.2 Å². The predicted molar refractivity (Wildman–Crippen MR) is 109 cm³/mol. The van der Waals surface area contributed by atoms with Gasteiger partial charge in [-0.2, -0.15) is 5.10 Å². The fraction of sp³-hybridized carbons (Fsp3) is 0.200. The molecule has 8 heteroatoms. The van der Waals surface area contributed by atoms with Crippen LogP contribution in [0.4, 0.5) is 5.82 Å². The van der Waals surface area contributed by atoms with E-state index in [1.165, 1.54) is 0 Å². The second-order valence-electron chi connectivity index (χ2n) is 6.92. The summed E-state index contributed by atoms with van der Waals surface area (Å²) in [6.07, 6.45) is 0. The molecule has 144 valence electrons. The van der Waals surface area contributed by atoms with E-state index in [2.05, 4.69) is 10.4 Å². The van der Waals surface area contributed by atoms with Crippen LogP contribution in [0.1, 0.15) is 32.7 Å². The Morgan fingerprint density at radius 3 is 2.57 bits per heavy atom. The highest BCUT2D eigenvalue weighted by atomic mass is 35.5. The molecule has 0 radical (unpaired) electrons. The number of carbonyl (C=O) groups is 1. The highest BCUT2D eigenvalue weighted by Gasteiger charge is 2.33. The normalized spacial score (nSPS) is 14.7. The zero-order valence-electron chi connectivity index (χ0n) is 15.4. The zero-order valence-corrected chi connectivity index (χ0v) is 16.9. The Balaban J connectivity index is 1.82. The number of hydrogen-bond acceptors (Lipinski definition) is 4. The molecule has 3 aromatic rings. The fourth-order valence-electron chi connectivity index (χ4n) is 3.24. The third-order valence-corrected chi connectivity index (χ3v) is 6.64. The standard InChI is InChI=1S/C20H18ClN3O3S/c1-12-7-8-14(9-13(12)2)24-19(16-10-28(26,27)11-18(16)23-24)22-20(25)15-5-3-4-6-17(15)21/h3-9H,10-11H2,1-2H3,(H,22,25). The van der Waals surface area contributed by atoms with Crippen molar-refractivity contribution in [3.05, 3.63) is 75.4 Å². The lowest BCUT2D eigenvalue weighted by Crippen LogP contribution is -2.17. The van der Waals surface area contributed by atoms with E-state index in [4.69, 9.17) is 11.6 Å². The van der Waals surface area contributed by atoms with E-state index in [-0.39, 0.29) is 11.5 Å². The number of amides is 1. The maximum atomic E-state index is 12.8. The Morgan fingerprint density at radius 2 is 1.86 bits per heavy atom. The van der Waals surface area contributed by atoms with Crippen LogP contribution in [0.3, 0.4) is 0 Å². The van der Waals surface area contributed by atoms with Gasteiger partial charge in [0.15, 0.2) is 9.84 Å². The van der Waals surface area contributed by atoms with Crippen molar-refractivity contribution in [3.8, 4) is 5.69 Å². The number of benzene rings is 2. The number of carbonyl (C=O) groups excluding carboxylic acids is 1. The van der Waals surface area contributed by atoms with Gasteiger partial charge >= 0.3 is 0 Å². The molecular formula is C20H18ClN3O3S. The van der Waals surface area contributed by atoms with Crippen molar-refractivity contribution in [1.82, 2.24) is 9.78 Å². The predicted octanol–water partition coefficient (Wildman–Crippen LogP) is 3.82. The largest absolute Gasteiger partial charge is 0.306 e. The summed E-state index contributed by atoms with van der Waals surface area (Å²) in [4.78, 5) is 12.8. The van der Waals surface area contributed by atoms with Crippen LogP contribution in [0.15, 0.2) is 42.5 Å². The zero-order chi connectivity index (χ0) is 20.1. The number of halogens is 1. The lowest BCUT2D eigenvalue weighted by molar-refractivity contribution is 0.102. The first-order valence-corrected chi connectivity index (χ1v) is 10.9. The van der Waals surface area contributed by atoms with Crippen LogP contribution in [-0.2, 0) is 21.3 Å². The van der Waals surface area contributed by atoms with Gasteiger partial charge in [-0.3, -0.25) is 4.79 Å². The number of nitrogens with zero attached hydrogens (tertiary/aromatic N) is 2. The molecule has 0 fully saturated rings. The molecule has 0 spiro atoms. The van der Waals surface area contributed by atoms with Gasteiger partial charge in [-0.15, -0.1) is 0 Å². The van der Waals surface area contributed by atoms with E-state index in [1.54, 1.807) is 28.9 Å². The van der Waals surface area contributed by atoms with Gasteiger partial charge in [-0.1, -0.05) is 29.8 Å². The topological polar surface area (TPSA) is 81.1 Å². The Hall–Kier alpha value is -2.64. The van der Waals surface area contributed by atoms with Crippen LogP contribution >= 0.6 is 11.6 Å². The van der Waals surface area contributed by atoms with Gasteiger partial charge in [0.1, 0.15) is 5.82 Å². The summed E-state index contributed by atoms with van der Waals surface area (Å²) < 4.78 is 25.7. The summed E-state index contributed by atoms with van der Waals surface area (Å²) in [5.41, 5.74) is 4.26. The van der Waals surface area contributed by atoms with E-state index in [0.29, 0.717) is 27.7 Å². The molecule has 1 aliphatic rings. The van der Waals surface area contributed by atoms with Gasteiger partial charge < -0.3 is 5.32 Å². The van der Waals surface area contributed by atoms with Gasteiger partial charge in [-0.05, 0) is 49.2 Å². The summed E-state index contributed by atoms with van der Waals surface area (Å²) in [5.74, 6) is -0.326. The number of aryl methyl sites for hydroxylation is 2. The van der Waals surface area contributed by atoms with Gasteiger partial charge in [-0.25, -0.2) is 13.1 Å². The second-order valence-corrected chi connectivity index (χ2v) is 9.39. The molecule has 1 aromatic heterocycles. The lowest BCUT2D eigenvalue weighted by Gasteiger charge is -2.13. The molecule has 0 unspecified atom stereocenters. The van der Waals surface area contributed by atoms with E-state index in [1.807, 2.05) is 32.0 Å². The summed E-state index contributed by atoms with van der Waals surface area (Å²) in [6, 6.07) is 12.5. The molecule has 6 nitrogen and oxygen atoms in total. The van der Waals surface area contributed by atoms with Crippen molar-refractivity contribution in [2.45, 2.75) is 25.4 Å². The number of nitrogens with one attached hydrogen (secondary N) is 1. The third-order valence-electron chi connectivity index (χ3n) is 4.87. The molecule has 0 atom stereocenters. The molecule has 0 saturated carbocycles. The van der Waals surface area contributed by atoms with Gasteiger partial charge in [0.2, 0.25) is 0 Å². The quantitative estimate of drug-likeness (QED) is 0.705. The van der Waals surface area contributed by atoms with Crippen LogP contribution < -0.4 is 5.32 Å². The first-order valence-electron chi connectivity index (χ1n) is 8.70. The molecule has 2 heterocycles. The first-order chi connectivity index (χ1) is 13.2. The Bertz CT molecular complexity index is 1220. The molecule has 1 aliphatic heterocycles. The highest BCUT2D eigenvalue weighted by molar-refractivity contribution is 7.90. The van der Waals surface area contributed by atoms with E-state index in [0.717, 1.165) is 16.8 Å². The number of aromatic nitrogens is 2. The van der Waals surface area contributed by atoms with Crippen LogP contribution in [0, 0.1) is 13.8 Å². The second kappa shape index (κ2) is 6.76. The minimum absolute atomic E-state index is 0.130. The Labute approximate surface area is 168 Å². The minimum Gasteiger partial charge on any atom is -0.306 e. The van der Waals surface area contributed by atoms with E-state index >= 15 is 0 Å². The summed E-state index contributed by atoms with van der Waals surface area (Å²) in [6.45, 7) is 4.00. The number of fused-ring (bicyclic) bond motifs is 1. The smallest absolute Gasteiger partial charge is 0.258 e. The average molecular weight is 416 g/mol. The Morgan fingerprint density at radius 1 is 1.11 bits per heavy atom. The molecule has 0 aliphatic carbocycles. The van der Waals surface area contributed by atoms with Crippen molar-refractivity contribution in [3.63, 3.8) is 0 Å². The van der Waals surface area contributed by atoms with E-state index < -0.39 is 15.7 Å². The summed E-state index contributed by atoms with van der Waals surface area (Å²) >= 11 is 6.14. The van der Waals surface area contributed by atoms with Crippen molar-refractivity contribution >= 4 is 33.2 Å². The van der Waals surface area contributed by atoms with Crippen LogP contribution in [0.5, 0.6) is 0 Å². The van der Waals surface area contributed by atoms with Crippen molar-refractivity contribution in [2.75, 3.05) is 5.32 Å². The maximum absolute atomic E-state index is 12.8. The molecule has 4 rings (SSSR count). The minimum atomic E-state index is -3.26. The van der Waals surface area contributed by atoms with Crippen LogP contribution in [0.25, 0.3) is 5.69 Å². The summed E-state index contributed by atoms with van der Waals surface area (Å²) in [7, 11) is -3.26. The third kappa shape index (κ3) is 3.31. The molecule has 0 bridgehead atoms. The molecule has 0 saturated heterocycles. The number of rotatable bonds is 3. The van der Waals surface area contributed by atoms with Crippen molar-refractivity contribution in [2.24, 2.45) is 0 Å². The van der Waals surface area contributed by atoms with Crippen molar-refractivity contribution in [1.29, 1.82) is 0 Å². The monoisotopic (exact) mass is 415 g/mol. The molecule has 1 N–H and O–H groups in total. The number of anilines is 1. The molecular weight excluding hydrogens is 398 g/mol. The number of sulfone groups is 1. The number of hydrogen-bond donors (Lipinski definition) is 1. The maximum Gasteiger partial charge on any atom is 0.258 e. The fourth-order valence-corrected chi connectivity index (χ4v) is 4.95. The lowest BCUT2D eigenvalue weighted by atomic mass is 10.1. The van der Waals surface area contributed by atoms with Crippen LogP contribution in [0.2, 0.25) is 5.02 Å². The average Bonchev–Trinajstić information content (AvgIpc) is 3.10. The molecule has 28 heavy (non-hydrogen) atoms. The molecule has 2 aromatic carbocycles. The van der Waals surface area contributed by atoms with Gasteiger partial charge in [0.25, 0.3) is 5.91 Å².